The molecule has 0 amide bonds. The standard InChI is InChI=1S/C12H17NO/c1-4-12(3)8(2)9-6-5-7-10(14)11(9)13-12/h5-8,13-14H,4H2,1-3H3. The number of hydrogen-bond donors (Lipinski definition) is 2. The Morgan fingerprint density at radius 1 is 1.50 bits per heavy atom. The molecule has 14 heavy (non-hydrogen) atoms. The molecule has 0 radical (unpaired) electrons. The van der Waals surface area contributed by atoms with Crippen molar-refractivity contribution >= 4 is 5.69 Å². The number of aromatic hydroxyl groups is 1. The molecule has 0 saturated heterocycles. The number of phenolic OH excluding ortho intramolecular Hbond substituents is 1. The molecule has 2 nitrogen and oxygen atoms in total. The Hall–Kier alpha value is -1.18. The van der Waals surface area contributed by atoms with E-state index < -0.39 is 0 Å². The van der Waals surface area contributed by atoms with E-state index in [1.807, 2.05) is 6.07 Å². The molecule has 0 saturated carbocycles. The molecular formula is C12H17NO. The number of benzene rings is 1. The predicted octanol–water partition coefficient (Wildman–Crippen LogP) is 3.09. The topological polar surface area (TPSA) is 32.3 Å². The van der Waals surface area contributed by atoms with E-state index in [2.05, 4.69) is 32.2 Å². The molecule has 0 spiro atoms. The maximum atomic E-state index is 9.71. The van der Waals surface area contributed by atoms with E-state index in [0.29, 0.717) is 11.7 Å². The number of anilines is 1. The van der Waals surface area contributed by atoms with Gasteiger partial charge in [-0.25, -0.2) is 0 Å². The van der Waals surface area contributed by atoms with Crippen molar-refractivity contribution in [3.63, 3.8) is 0 Å². The van der Waals surface area contributed by atoms with E-state index in [1.54, 1.807) is 6.07 Å². The third-order valence-corrected chi connectivity index (χ3v) is 3.64. The third kappa shape index (κ3) is 1.10. The molecule has 2 N–H and O–H groups in total. The van der Waals surface area contributed by atoms with Crippen molar-refractivity contribution in [3.05, 3.63) is 23.8 Å². The van der Waals surface area contributed by atoms with Crippen LogP contribution in [0.5, 0.6) is 5.75 Å². The zero-order valence-corrected chi connectivity index (χ0v) is 8.96. The molecule has 2 atom stereocenters. The van der Waals surface area contributed by atoms with Gasteiger partial charge in [-0.05, 0) is 25.0 Å². The summed E-state index contributed by atoms with van der Waals surface area (Å²) in [5.41, 5.74) is 2.24. The van der Waals surface area contributed by atoms with Crippen molar-refractivity contribution in [1.29, 1.82) is 0 Å². The van der Waals surface area contributed by atoms with Crippen molar-refractivity contribution in [2.75, 3.05) is 5.32 Å². The lowest BCUT2D eigenvalue weighted by molar-refractivity contribution is 0.441. The minimum atomic E-state index is 0.0845. The molecule has 0 fully saturated rings. The molecule has 1 aromatic rings. The quantitative estimate of drug-likeness (QED) is 0.668. The molecule has 1 aromatic carbocycles. The maximum absolute atomic E-state index is 9.71. The van der Waals surface area contributed by atoms with Gasteiger partial charge in [0, 0.05) is 11.5 Å². The van der Waals surface area contributed by atoms with Gasteiger partial charge in [0.15, 0.2) is 0 Å². The highest BCUT2D eigenvalue weighted by atomic mass is 16.3. The first-order valence-corrected chi connectivity index (χ1v) is 5.18. The van der Waals surface area contributed by atoms with Gasteiger partial charge in [-0.2, -0.15) is 0 Å². The normalized spacial score (nSPS) is 29.8. The molecule has 0 aromatic heterocycles. The highest BCUT2D eigenvalue weighted by Gasteiger charge is 2.38. The van der Waals surface area contributed by atoms with Crippen LogP contribution in [0.1, 0.15) is 38.7 Å². The van der Waals surface area contributed by atoms with Gasteiger partial charge in [-0.15, -0.1) is 0 Å². The van der Waals surface area contributed by atoms with E-state index in [0.717, 1.165) is 12.1 Å². The van der Waals surface area contributed by atoms with Crippen LogP contribution in [0.4, 0.5) is 5.69 Å². The molecular weight excluding hydrogens is 174 g/mol. The number of hydrogen-bond acceptors (Lipinski definition) is 2. The summed E-state index contributed by atoms with van der Waals surface area (Å²) in [6.07, 6.45) is 1.06. The summed E-state index contributed by atoms with van der Waals surface area (Å²) in [5.74, 6) is 0.820. The van der Waals surface area contributed by atoms with E-state index in [4.69, 9.17) is 0 Å². The number of fused-ring (bicyclic) bond motifs is 1. The fourth-order valence-electron chi connectivity index (χ4n) is 2.19. The van der Waals surface area contributed by atoms with E-state index in [1.165, 1.54) is 5.56 Å². The van der Waals surface area contributed by atoms with Crippen molar-refractivity contribution in [3.8, 4) is 5.75 Å². The van der Waals surface area contributed by atoms with Crippen LogP contribution in [0.3, 0.4) is 0 Å². The zero-order chi connectivity index (χ0) is 10.3. The summed E-state index contributed by atoms with van der Waals surface area (Å²) in [6, 6.07) is 5.74. The van der Waals surface area contributed by atoms with Gasteiger partial charge in [0.2, 0.25) is 0 Å². The molecule has 1 aliphatic heterocycles. The summed E-state index contributed by atoms with van der Waals surface area (Å²) < 4.78 is 0. The van der Waals surface area contributed by atoms with Gasteiger partial charge >= 0.3 is 0 Å². The van der Waals surface area contributed by atoms with Gasteiger partial charge < -0.3 is 10.4 Å². The van der Waals surface area contributed by atoms with Gasteiger partial charge in [-0.1, -0.05) is 26.0 Å². The van der Waals surface area contributed by atoms with Crippen molar-refractivity contribution in [2.24, 2.45) is 0 Å². The summed E-state index contributed by atoms with van der Waals surface area (Å²) in [7, 11) is 0. The van der Waals surface area contributed by atoms with Crippen LogP contribution < -0.4 is 5.32 Å². The first-order valence-electron chi connectivity index (χ1n) is 5.18. The summed E-state index contributed by atoms with van der Waals surface area (Å²) in [5, 5.41) is 13.1. The van der Waals surface area contributed by atoms with Crippen molar-refractivity contribution in [2.45, 2.75) is 38.6 Å². The minimum absolute atomic E-state index is 0.0845. The second kappa shape index (κ2) is 2.91. The number of phenols is 1. The van der Waals surface area contributed by atoms with Crippen LogP contribution in [0.15, 0.2) is 18.2 Å². The smallest absolute Gasteiger partial charge is 0.138 e. The van der Waals surface area contributed by atoms with Crippen LogP contribution in [-0.4, -0.2) is 10.6 Å². The van der Waals surface area contributed by atoms with Crippen molar-refractivity contribution < 1.29 is 5.11 Å². The van der Waals surface area contributed by atoms with Gasteiger partial charge in [-0.3, -0.25) is 0 Å². The highest BCUT2D eigenvalue weighted by Crippen LogP contribution is 2.47. The fourth-order valence-corrected chi connectivity index (χ4v) is 2.19. The lowest BCUT2D eigenvalue weighted by Crippen LogP contribution is -2.33. The Kier molecular flexibility index (Phi) is 1.95. The summed E-state index contributed by atoms with van der Waals surface area (Å²) in [6.45, 7) is 6.59. The largest absolute Gasteiger partial charge is 0.506 e. The average molecular weight is 191 g/mol. The van der Waals surface area contributed by atoms with Gasteiger partial charge in [0.1, 0.15) is 5.75 Å². The van der Waals surface area contributed by atoms with Crippen molar-refractivity contribution in [1.82, 2.24) is 0 Å². The number of rotatable bonds is 1. The summed E-state index contributed by atoms with van der Waals surface area (Å²) >= 11 is 0. The Bertz CT molecular complexity index is 361. The number of para-hydroxylation sites is 1. The minimum Gasteiger partial charge on any atom is -0.506 e. The van der Waals surface area contributed by atoms with Crippen LogP contribution in [-0.2, 0) is 0 Å². The molecule has 2 heteroatoms. The lowest BCUT2D eigenvalue weighted by Gasteiger charge is -2.28. The molecule has 0 aliphatic carbocycles. The molecule has 1 heterocycles. The Morgan fingerprint density at radius 3 is 2.79 bits per heavy atom. The zero-order valence-electron chi connectivity index (χ0n) is 8.96. The van der Waals surface area contributed by atoms with Gasteiger partial charge in [0.25, 0.3) is 0 Å². The predicted molar refractivity (Wildman–Crippen MR) is 58.8 cm³/mol. The molecule has 0 bridgehead atoms. The molecule has 2 rings (SSSR count). The monoisotopic (exact) mass is 191 g/mol. The maximum Gasteiger partial charge on any atom is 0.138 e. The Morgan fingerprint density at radius 2 is 2.21 bits per heavy atom. The molecule has 76 valence electrons. The first kappa shape index (κ1) is 9.38. The highest BCUT2D eigenvalue weighted by molar-refractivity contribution is 5.68. The van der Waals surface area contributed by atoms with Gasteiger partial charge in [0.05, 0.1) is 5.69 Å². The average Bonchev–Trinajstić information content (AvgIpc) is 2.44. The Labute approximate surface area is 85.0 Å². The van der Waals surface area contributed by atoms with Crippen LogP contribution >= 0.6 is 0 Å². The fraction of sp³-hybridized carbons (Fsp3) is 0.500. The molecule has 1 aliphatic rings. The second-order valence-corrected chi connectivity index (χ2v) is 4.36. The van der Waals surface area contributed by atoms with Crippen LogP contribution in [0.25, 0.3) is 0 Å². The van der Waals surface area contributed by atoms with E-state index >= 15 is 0 Å². The number of nitrogens with one attached hydrogen (secondary N) is 1. The first-order chi connectivity index (χ1) is 6.58. The SMILES string of the molecule is CCC1(C)Nc2c(O)cccc2C1C. The van der Waals surface area contributed by atoms with Crippen LogP contribution in [0, 0.1) is 0 Å². The second-order valence-electron chi connectivity index (χ2n) is 4.36. The Balaban J connectivity index is 2.50. The third-order valence-electron chi connectivity index (χ3n) is 3.64. The van der Waals surface area contributed by atoms with E-state index in [9.17, 15) is 5.11 Å². The van der Waals surface area contributed by atoms with Crippen LogP contribution in [0.2, 0.25) is 0 Å². The molecule has 2 unspecified atom stereocenters. The lowest BCUT2D eigenvalue weighted by atomic mass is 9.84. The summed E-state index contributed by atoms with van der Waals surface area (Å²) in [4.78, 5) is 0. The van der Waals surface area contributed by atoms with E-state index in [-0.39, 0.29) is 5.54 Å².